The molecule has 2 aromatic rings. The summed E-state index contributed by atoms with van der Waals surface area (Å²) in [6.45, 7) is 11.7. The van der Waals surface area contributed by atoms with E-state index in [0.29, 0.717) is 0 Å². The Labute approximate surface area is 143 Å². The molecule has 3 rings (SSSR count). The topological polar surface area (TPSA) is 61.3 Å². The Morgan fingerprint density at radius 3 is 2.21 bits per heavy atom. The Kier molecular flexibility index (Phi) is 5.08. The van der Waals surface area contributed by atoms with Crippen LogP contribution in [0.25, 0.3) is 0 Å². The SMILES string of the molecule is CCN(CC)c1nc(C)cc(N2CCN(c3ncccn3)CC2)n1. The van der Waals surface area contributed by atoms with Gasteiger partial charge in [-0.3, -0.25) is 0 Å². The van der Waals surface area contributed by atoms with E-state index in [2.05, 4.69) is 49.6 Å². The van der Waals surface area contributed by atoms with Crippen molar-refractivity contribution in [2.24, 2.45) is 0 Å². The first-order valence-corrected chi connectivity index (χ1v) is 8.58. The molecule has 128 valence electrons. The molecule has 0 spiro atoms. The van der Waals surface area contributed by atoms with E-state index in [4.69, 9.17) is 4.98 Å². The number of aryl methyl sites for hydroxylation is 1. The van der Waals surface area contributed by atoms with Crippen LogP contribution in [0.3, 0.4) is 0 Å². The van der Waals surface area contributed by atoms with Gasteiger partial charge in [-0.25, -0.2) is 15.0 Å². The Morgan fingerprint density at radius 2 is 1.58 bits per heavy atom. The molecule has 0 amide bonds. The normalized spacial score (nSPS) is 14.8. The molecule has 0 bridgehead atoms. The molecule has 0 atom stereocenters. The summed E-state index contributed by atoms with van der Waals surface area (Å²) in [5.74, 6) is 2.64. The van der Waals surface area contributed by atoms with Gasteiger partial charge in [0.1, 0.15) is 5.82 Å². The summed E-state index contributed by atoms with van der Waals surface area (Å²) in [6, 6.07) is 3.92. The summed E-state index contributed by atoms with van der Waals surface area (Å²) in [5, 5.41) is 0. The second-order valence-corrected chi connectivity index (χ2v) is 5.86. The van der Waals surface area contributed by atoms with Crippen molar-refractivity contribution in [1.29, 1.82) is 0 Å². The number of aromatic nitrogens is 4. The van der Waals surface area contributed by atoms with Gasteiger partial charge in [0.2, 0.25) is 11.9 Å². The molecule has 0 aromatic carbocycles. The average molecular weight is 327 g/mol. The number of anilines is 3. The molecule has 1 saturated heterocycles. The minimum atomic E-state index is 0.805. The third-order valence-corrected chi connectivity index (χ3v) is 4.31. The lowest BCUT2D eigenvalue weighted by Crippen LogP contribution is -2.47. The van der Waals surface area contributed by atoms with Crippen molar-refractivity contribution in [2.45, 2.75) is 20.8 Å². The van der Waals surface area contributed by atoms with Gasteiger partial charge in [-0.2, -0.15) is 4.98 Å². The van der Waals surface area contributed by atoms with Crippen molar-refractivity contribution in [1.82, 2.24) is 19.9 Å². The van der Waals surface area contributed by atoms with Crippen molar-refractivity contribution < 1.29 is 0 Å². The molecule has 0 radical (unpaired) electrons. The van der Waals surface area contributed by atoms with Crippen LogP contribution in [0, 0.1) is 6.92 Å². The van der Waals surface area contributed by atoms with Gasteiger partial charge in [0.25, 0.3) is 0 Å². The first-order valence-electron chi connectivity index (χ1n) is 8.58. The van der Waals surface area contributed by atoms with Crippen molar-refractivity contribution in [3.8, 4) is 0 Å². The molecule has 1 fully saturated rings. The van der Waals surface area contributed by atoms with Gasteiger partial charge in [0.05, 0.1) is 0 Å². The Morgan fingerprint density at radius 1 is 0.958 bits per heavy atom. The maximum atomic E-state index is 4.79. The Bertz CT molecular complexity index is 649. The molecule has 0 unspecified atom stereocenters. The van der Waals surface area contributed by atoms with Gasteiger partial charge in [0.15, 0.2) is 0 Å². The fourth-order valence-corrected chi connectivity index (χ4v) is 2.94. The minimum absolute atomic E-state index is 0.805. The van der Waals surface area contributed by atoms with Crippen molar-refractivity contribution in [2.75, 3.05) is 54.0 Å². The van der Waals surface area contributed by atoms with Crippen LogP contribution in [0.4, 0.5) is 17.7 Å². The van der Waals surface area contributed by atoms with E-state index in [1.807, 2.05) is 13.0 Å². The van der Waals surface area contributed by atoms with Gasteiger partial charge in [-0.1, -0.05) is 0 Å². The van der Waals surface area contributed by atoms with Crippen LogP contribution >= 0.6 is 0 Å². The maximum absolute atomic E-state index is 4.79. The van der Waals surface area contributed by atoms with E-state index in [0.717, 1.165) is 62.7 Å². The highest BCUT2D eigenvalue weighted by Gasteiger charge is 2.21. The lowest BCUT2D eigenvalue weighted by molar-refractivity contribution is 0.632. The molecule has 0 saturated carbocycles. The monoisotopic (exact) mass is 327 g/mol. The van der Waals surface area contributed by atoms with E-state index in [1.54, 1.807) is 12.4 Å². The Hall–Kier alpha value is -2.44. The predicted molar refractivity (Wildman–Crippen MR) is 96.8 cm³/mol. The van der Waals surface area contributed by atoms with Gasteiger partial charge in [-0.05, 0) is 26.8 Å². The largest absolute Gasteiger partial charge is 0.353 e. The molecule has 0 aliphatic carbocycles. The van der Waals surface area contributed by atoms with Gasteiger partial charge in [0, 0.05) is 63.4 Å². The summed E-state index contributed by atoms with van der Waals surface area (Å²) >= 11 is 0. The van der Waals surface area contributed by atoms with Crippen molar-refractivity contribution in [3.05, 3.63) is 30.2 Å². The van der Waals surface area contributed by atoms with Crippen molar-refractivity contribution >= 4 is 17.7 Å². The van der Waals surface area contributed by atoms with Crippen LogP contribution in [-0.4, -0.2) is 59.2 Å². The van der Waals surface area contributed by atoms with Crippen molar-refractivity contribution in [3.63, 3.8) is 0 Å². The lowest BCUT2D eigenvalue weighted by Gasteiger charge is -2.35. The van der Waals surface area contributed by atoms with Gasteiger partial charge in [-0.15, -0.1) is 0 Å². The van der Waals surface area contributed by atoms with E-state index in [1.165, 1.54) is 0 Å². The third kappa shape index (κ3) is 3.55. The highest BCUT2D eigenvalue weighted by molar-refractivity contribution is 5.47. The van der Waals surface area contributed by atoms with Crippen LogP contribution in [0.1, 0.15) is 19.5 Å². The maximum Gasteiger partial charge on any atom is 0.227 e. The van der Waals surface area contributed by atoms with Crippen LogP contribution in [0.15, 0.2) is 24.5 Å². The summed E-state index contributed by atoms with van der Waals surface area (Å²) < 4.78 is 0. The summed E-state index contributed by atoms with van der Waals surface area (Å²) in [4.78, 5) is 24.8. The molecule has 2 aromatic heterocycles. The molecule has 3 heterocycles. The molecule has 24 heavy (non-hydrogen) atoms. The number of piperazine rings is 1. The van der Waals surface area contributed by atoms with E-state index in [-0.39, 0.29) is 0 Å². The molecule has 1 aliphatic rings. The lowest BCUT2D eigenvalue weighted by atomic mass is 10.3. The van der Waals surface area contributed by atoms with Crippen LogP contribution in [0.2, 0.25) is 0 Å². The second-order valence-electron chi connectivity index (χ2n) is 5.86. The number of nitrogens with zero attached hydrogens (tertiary/aromatic N) is 7. The van der Waals surface area contributed by atoms with Crippen LogP contribution in [0.5, 0.6) is 0 Å². The van der Waals surface area contributed by atoms with Crippen LogP contribution < -0.4 is 14.7 Å². The van der Waals surface area contributed by atoms with Gasteiger partial charge >= 0.3 is 0 Å². The quantitative estimate of drug-likeness (QED) is 0.829. The van der Waals surface area contributed by atoms with Crippen LogP contribution in [-0.2, 0) is 0 Å². The van der Waals surface area contributed by atoms with E-state index >= 15 is 0 Å². The molecular weight excluding hydrogens is 302 g/mol. The zero-order valence-corrected chi connectivity index (χ0v) is 14.7. The summed E-state index contributed by atoms with van der Waals surface area (Å²) in [6.07, 6.45) is 3.58. The first kappa shape index (κ1) is 16.4. The smallest absolute Gasteiger partial charge is 0.227 e. The second kappa shape index (κ2) is 7.42. The fourth-order valence-electron chi connectivity index (χ4n) is 2.94. The summed E-state index contributed by atoms with van der Waals surface area (Å²) in [7, 11) is 0. The molecule has 0 N–H and O–H groups in total. The molecular formula is C17H25N7. The molecule has 1 aliphatic heterocycles. The molecule has 7 nitrogen and oxygen atoms in total. The Balaban J connectivity index is 1.72. The first-order chi connectivity index (χ1) is 11.7. The number of rotatable bonds is 5. The highest BCUT2D eigenvalue weighted by atomic mass is 15.3. The average Bonchev–Trinajstić information content (AvgIpc) is 2.63. The predicted octanol–water partition coefficient (Wildman–Crippen LogP) is 1.75. The standard InChI is InChI=1S/C17H25N7/c1-4-22(5-2)17-20-14(3)13-15(21-17)23-9-11-24(12-10-23)16-18-7-6-8-19-16/h6-8,13H,4-5,9-12H2,1-3H3. The van der Waals surface area contributed by atoms with E-state index in [9.17, 15) is 0 Å². The minimum Gasteiger partial charge on any atom is -0.353 e. The summed E-state index contributed by atoms with van der Waals surface area (Å²) in [5.41, 5.74) is 1.01. The van der Waals surface area contributed by atoms with Gasteiger partial charge < -0.3 is 14.7 Å². The zero-order valence-electron chi connectivity index (χ0n) is 14.7. The zero-order chi connectivity index (χ0) is 16.9. The number of hydrogen-bond donors (Lipinski definition) is 0. The third-order valence-electron chi connectivity index (χ3n) is 4.31. The fraction of sp³-hybridized carbons (Fsp3) is 0.529. The molecule has 7 heteroatoms. The number of hydrogen-bond acceptors (Lipinski definition) is 7. The highest BCUT2D eigenvalue weighted by Crippen LogP contribution is 2.20. The van der Waals surface area contributed by atoms with E-state index < -0.39 is 0 Å².